The smallest absolute Gasteiger partial charge is 0.231 e. The van der Waals surface area contributed by atoms with Crippen molar-refractivity contribution in [3.63, 3.8) is 0 Å². The summed E-state index contributed by atoms with van der Waals surface area (Å²) in [6.07, 6.45) is 1.15. The number of rotatable bonds is 6. The fourth-order valence-corrected chi connectivity index (χ4v) is 3.45. The minimum absolute atomic E-state index is 0.0401. The first-order valence-corrected chi connectivity index (χ1v) is 8.93. The molecular weight excluding hydrogens is 340 g/mol. The molecule has 8 heteroatoms. The van der Waals surface area contributed by atoms with Crippen molar-refractivity contribution < 1.29 is 14.3 Å². The Balaban J connectivity index is 1.63. The van der Waals surface area contributed by atoms with Crippen LogP contribution in [0.25, 0.3) is 0 Å². The molecule has 1 aromatic heterocycles. The monoisotopic (exact) mass is 360 g/mol. The molecule has 25 heavy (non-hydrogen) atoms. The second-order valence-electron chi connectivity index (χ2n) is 5.85. The summed E-state index contributed by atoms with van der Waals surface area (Å²) >= 11 is 1.27. The molecular formula is C17H20N4O3S. The number of aryl methyl sites for hydroxylation is 1. The Morgan fingerprint density at radius 3 is 2.80 bits per heavy atom. The zero-order valence-electron chi connectivity index (χ0n) is 14.2. The van der Waals surface area contributed by atoms with Crippen molar-refractivity contribution in [2.45, 2.75) is 26.4 Å². The van der Waals surface area contributed by atoms with E-state index < -0.39 is 5.92 Å². The van der Waals surface area contributed by atoms with E-state index in [0.29, 0.717) is 23.3 Å². The molecule has 7 nitrogen and oxygen atoms in total. The summed E-state index contributed by atoms with van der Waals surface area (Å²) in [5, 5.41) is 11.7. The zero-order chi connectivity index (χ0) is 17.8. The van der Waals surface area contributed by atoms with Gasteiger partial charge in [-0.2, -0.15) is 0 Å². The molecule has 0 aliphatic carbocycles. The summed E-state index contributed by atoms with van der Waals surface area (Å²) in [4.78, 5) is 26.4. The van der Waals surface area contributed by atoms with Gasteiger partial charge in [0.25, 0.3) is 0 Å². The van der Waals surface area contributed by atoms with Crippen molar-refractivity contribution in [2.24, 2.45) is 5.92 Å². The summed E-state index contributed by atoms with van der Waals surface area (Å²) in [6, 6.07) is 7.88. The standard InChI is InChI=1S/C17H20N4O3S/c1-3-11-4-6-13(7-5-11)21-9-12(8-15(21)22)16(23)18-17-20-19-14(25-17)10-24-2/h4-7,12H,3,8-10H2,1-2H3,(H,18,20,23). The van der Waals surface area contributed by atoms with Gasteiger partial charge in [0.15, 0.2) is 0 Å². The highest BCUT2D eigenvalue weighted by Crippen LogP contribution is 2.27. The van der Waals surface area contributed by atoms with Crippen molar-refractivity contribution in [3.8, 4) is 0 Å². The van der Waals surface area contributed by atoms with Crippen molar-refractivity contribution in [2.75, 3.05) is 23.9 Å². The van der Waals surface area contributed by atoms with E-state index in [1.807, 2.05) is 24.3 Å². The van der Waals surface area contributed by atoms with Gasteiger partial charge in [-0.1, -0.05) is 30.4 Å². The van der Waals surface area contributed by atoms with Crippen LogP contribution in [0.1, 0.15) is 23.9 Å². The van der Waals surface area contributed by atoms with Crippen LogP contribution in [0.5, 0.6) is 0 Å². The van der Waals surface area contributed by atoms with Crippen LogP contribution in [-0.2, 0) is 27.4 Å². The van der Waals surface area contributed by atoms with Crippen LogP contribution < -0.4 is 10.2 Å². The van der Waals surface area contributed by atoms with Crippen LogP contribution in [0.2, 0.25) is 0 Å². The van der Waals surface area contributed by atoms with Crippen LogP contribution in [0.15, 0.2) is 24.3 Å². The lowest BCUT2D eigenvalue weighted by Gasteiger charge is -2.16. The highest BCUT2D eigenvalue weighted by Gasteiger charge is 2.35. The lowest BCUT2D eigenvalue weighted by molar-refractivity contribution is -0.122. The van der Waals surface area contributed by atoms with Crippen LogP contribution in [0.3, 0.4) is 0 Å². The Morgan fingerprint density at radius 2 is 2.12 bits per heavy atom. The Morgan fingerprint density at radius 1 is 1.36 bits per heavy atom. The number of nitrogens with zero attached hydrogens (tertiary/aromatic N) is 3. The maximum atomic E-state index is 12.4. The number of anilines is 2. The van der Waals surface area contributed by atoms with E-state index in [1.165, 1.54) is 16.9 Å². The van der Waals surface area contributed by atoms with Crippen LogP contribution in [0, 0.1) is 5.92 Å². The molecule has 1 aliphatic heterocycles. The highest BCUT2D eigenvalue weighted by molar-refractivity contribution is 7.15. The number of carbonyl (C=O) groups is 2. The number of hydrogen-bond donors (Lipinski definition) is 1. The van der Waals surface area contributed by atoms with Gasteiger partial charge in [-0.3, -0.25) is 9.59 Å². The first kappa shape index (κ1) is 17.5. The molecule has 1 unspecified atom stereocenters. The molecule has 1 aliphatic rings. The normalized spacial score (nSPS) is 17.1. The molecule has 2 aromatic rings. The maximum Gasteiger partial charge on any atom is 0.231 e. The number of nitrogens with one attached hydrogen (secondary N) is 1. The number of aromatic nitrogens is 2. The highest BCUT2D eigenvalue weighted by atomic mass is 32.1. The fourth-order valence-electron chi connectivity index (χ4n) is 2.74. The third-order valence-electron chi connectivity index (χ3n) is 4.12. The third-order valence-corrected chi connectivity index (χ3v) is 4.93. The average molecular weight is 360 g/mol. The number of carbonyl (C=O) groups excluding carboxylic acids is 2. The predicted molar refractivity (Wildman–Crippen MR) is 95.5 cm³/mol. The summed E-state index contributed by atoms with van der Waals surface area (Å²) in [6.45, 7) is 2.82. The minimum atomic E-state index is -0.395. The Bertz CT molecular complexity index is 760. The summed E-state index contributed by atoms with van der Waals surface area (Å²) in [7, 11) is 1.57. The first-order valence-electron chi connectivity index (χ1n) is 8.12. The molecule has 1 N–H and O–H groups in total. The lowest BCUT2D eigenvalue weighted by atomic mass is 10.1. The van der Waals surface area contributed by atoms with Crippen molar-refractivity contribution >= 4 is 34.0 Å². The SMILES string of the molecule is CCc1ccc(N2CC(C(=O)Nc3nnc(COC)s3)CC2=O)cc1. The summed E-state index contributed by atoms with van der Waals surface area (Å²) in [5.41, 5.74) is 2.05. The van der Waals surface area contributed by atoms with Gasteiger partial charge < -0.3 is 15.0 Å². The van der Waals surface area contributed by atoms with Crippen LogP contribution >= 0.6 is 11.3 Å². The molecule has 0 spiro atoms. The van der Waals surface area contributed by atoms with Gasteiger partial charge in [0, 0.05) is 25.8 Å². The Kier molecular flexibility index (Phi) is 5.40. The molecule has 2 heterocycles. The largest absolute Gasteiger partial charge is 0.377 e. The molecule has 0 saturated carbocycles. The molecule has 1 atom stereocenters. The van der Waals surface area contributed by atoms with E-state index in [1.54, 1.807) is 12.0 Å². The molecule has 1 fully saturated rings. The predicted octanol–water partition coefficient (Wildman–Crippen LogP) is 2.24. The van der Waals surface area contributed by atoms with E-state index >= 15 is 0 Å². The topological polar surface area (TPSA) is 84.4 Å². The van der Waals surface area contributed by atoms with Crippen molar-refractivity contribution in [1.82, 2.24) is 10.2 Å². The van der Waals surface area contributed by atoms with Crippen LogP contribution in [0.4, 0.5) is 10.8 Å². The number of ether oxygens (including phenoxy) is 1. The van der Waals surface area contributed by atoms with Crippen molar-refractivity contribution in [3.05, 3.63) is 34.8 Å². The van der Waals surface area contributed by atoms with Crippen LogP contribution in [-0.4, -0.2) is 35.7 Å². The van der Waals surface area contributed by atoms with E-state index in [-0.39, 0.29) is 18.2 Å². The minimum Gasteiger partial charge on any atom is -0.377 e. The third kappa shape index (κ3) is 4.02. The van der Waals surface area contributed by atoms with Gasteiger partial charge in [-0.15, -0.1) is 10.2 Å². The van der Waals surface area contributed by atoms with Gasteiger partial charge in [0.2, 0.25) is 16.9 Å². The second kappa shape index (κ2) is 7.71. The Labute approximate surface area is 150 Å². The van der Waals surface area contributed by atoms with Crippen molar-refractivity contribution in [1.29, 1.82) is 0 Å². The van der Waals surface area contributed by atoms with E-state index in [4.69, 9.17) is 4.74 Å². The first-order chi connectivity index (χ1) is 12.1. The molecule has 1 aromatic carbocycles. The number of hydrogen-bond acceptors (Lipinski definition) is 6. The van der Waals surface area contributed by atoms with Gasteiger partial charge >= 0.3 is 0 Å². The van der Waals surface area contributed by atoms with E-state index in [2.05, 4.69) is 22.4 Å². The lowest BCUT2D eigenvalue weighted by Crippen LogP contribution is -2.28. The molecule has 0 radical (unpaired) electrons. The molecule has 1 saturated heterocycles. The molecule has 3 rings (SSSR count). The number of methoxy groups -OCH3 is 1. The summed E-state index contributed by atoms with van der Waals surface area (Å²) < 4.78 is 4.98. The van der Waals surface area contributed by atoms with Gasteiger partial charge in [-0.25, -0.2) is 0 Å². The van der Waals surface area contributed by atoms with E-state index in [9.17, 15) is 9.59 Å². The average Bonchev–Trinajstić information content (AvgIpc) is 3.22. The molecule has 0 bridgehead atoms. The van der Waals surface area contributed by atoms with E-state index in [0.717, 1.165) is 12.1 Å². The molecule has 132 valence electrons. The van der Waals surface area contributed by atoms with Gasteiger partial charge in [0.1, 0.15) is 11.6 Å². The maximum absolute atomic E-state index is 12.4. The van der Waals surface area contributed by atoms with Gasteiger partial charge in [-0.05, 0) is 24.1 Å². The number of benzene rings is 1. The Hall–Kier alpha value is -2.32. The quantitative estimate of drug-likeness (QED) is 0.854. The second-order valence-corrected chi connectivity index (χ2v) is 6.91. The summed E-state index contributed by atoms with van der Waals surface area (Å²) in [5.74, 6) is -0.643. The zero-order valence-corrected chi connectivity index (χ0v) is 15.0. The molecule has 2 amide bonds. The number of amides is 2. The fraction of sp³-hybridized carbons (Fsp3) is 0.412. The van der Waals surface area contributed by atoms with Gasteiger partial charge in [0.05, 0.1) is 5.92 Å².